The summed E-state index contributed by atoms with van der Waals surface area (Å²) in [5, 5.41) is 0. The van der Waals surface area contributed by atoms with Crippen LogP contribution in [0.25, 0.3) is 0 Å². The standard InChI is InChI=1S/C11H13F5N2O2S/c1-6(11(14,15)16)17-21-7-3-8(10(19)20-2)18(4-7)5-9(12)13/h3-4,6,9,17H,5H2,1-2H3. The average molecular weight is 332 g/mol. The average Bonchev–Trinajstić information content (AvgIpc) is 2.76. The van der Waals surface area contributed by atoms with E-state index in [1.165, 1.54) is 12.3 Å². The number of rotatable bonds is 6. The quantitative estimate of drug-likeness (QED) is 0.494. The van der Waals surface area contributed by atoms with Gasteiger partial charge >= 0.3 is 12.1 Å². The van der Waals surface area contributed by atoms with Gasteiger partial charge in [0.2, 0.25) is 0 Å². The van der Waals surface area contributed by atoms with Gasteiger partial charge in [-0.05, 0) is 24.9 Å². The number of aromatic nitrogens is 1. The van der Waals surface area contributed by atoms with Crippen molar-refractivity contribution >= 4 is 17.9 Å². The van der Waals surface area contributed by atoms with E-state index in [1.807, 2.05) is 0 Å². The zero-order chi connectivity index (χ0) is 16.2. The summed E-state index contributed by atoms with van der Waals surface area (Å²) in [5.41, 5.74) is -0.151. The van der Waals surface area contributed by atoms with Crippen LogP contribution in [0, 0.1) is 0 Å². The lowest BCUT2D eigenvalue weighted by atomic mass is 10.4. The van der Waals surface area contributed by atoms with Gasteiger partial charge in [0.05, 0.1) is 13.7 Å². The Kier molecular flexibility index (Phi) is 6.02. The molecule has 1 unspecified atom stereocenters. The predicted molar refractivity (Wildman–Crippen MR) is 66.3 cm³/mol. The molecule has 0 aliphatic rings. The van der Waals surface area contributed by atoms with Crippen LogP contribution in [0.1, 0.15) is 17.4 Å². The minimum atomic E-state index is -4.43. The van der Waals surface area contributed by atoms with Gasteiger partial charge in [-0.15, -0.1) is 0 Å². The number of carbonyl (C=O) groups is 1. The molecule has 0 radical (unpaired) electrons. The molecule has 1 aromatic heterocycles. The van der Waals surface area contributed by atoms with Crippen molar-refractivity contribution in [2.75, 3.05) is 7.11 Å². The highest BCUT2D eigenvalue weighted by atomic mass is 32.2. The summed E-state index contributed by atoms with van der Waals surface area (Å²) in [4.78, 5) is 11.6. The molecule has 1 heterocycles. The predicted octanol–water partition coefficient (Wildman–Crippen LogP) is 3.09. The third kappa shape index (κ3) is 5.20. The van der Waals surface area contributed by atoms with Crippen LogP contribution in [0.3, 0.4) is 0 Å². The minimum absolute atomic E-state index is 0.151. The highest BCUT2D eigenvalue weighted by Gasteiger charge is 2.36. The lowest BCUT2D eigenvalue weighted by Crippen LogP contribution is -2.35. The summed E-state index contributed by atoms with van der Waals surface area (Å²) in [5.74, 6) is -0.841. The molecule has 1 aromatic rings. The van der Waals surface area contributed by atoms with E-state index in [0.717, 1.165) is 18.6 Å². The Balaban J connectivity index is 2.84. The van der Waals surface area contributed by atoms with Gasteiger partial charge < -0.3 is 9.30 Å². The summed E-state index contributed by atoms with van der Waals surface area (Å²) in [6.07, 6.45) is -5.97. The van der Waals surface area contributed by atoms with Crippen LogP contribution in [0.5, 0.6) is 0 Å². The number of halogens is 5. The summed E-state index contributed by atoms with van der Waals surface area (Å²) >= 11 is 0.602. The zero-order valence-electron chi connectivity index (χ0n) is 11.1. The van der Waals surface area contributed by atoms with Crippen LogP contribution >= 0.6 is 11.9 Å². The van der Waals surface area contributed by atoms with Crippen LogP contribution in [-0.4, -0.2) is 36.3 Å². The van der Waals surface area contributed by atoms with Gasteiger partial charge in [0.25, 0.3) is 6.43 Å². The van der Waals surface area contributed by atoms with E-state index in [0.29, 0.717) is 11.9 Å². The second kappa shape index (κ2) is 7.12. The highest BCUT2D eigenvalue weighted by molar-refractivity contribution is 7.97. The molecule has 0 aromatic carbocycles. The van der Waals surface area contributed by atoms with Crippen molar-refractivity contribution in [1.29, 1.82) is 0 Å². The van der Waals surface area contributed by atoms with Gasteiger partial charge in [-0.1, -0.05) is 0 Å². The van der Waals surface area contributed by atoms with E-state index in [4.69, 9.17) is 0 Å². The SMILES string of the molecule is COC(=O)c1cc(SNC(C)C(F)(F)F)cn1CC(F)F. The molecular formula is C11H13F5N2O2S. The number of carbonyl (C=O) groups excluding carboxylic acids is 1. The molecule has 0 bridgehead atoms. The first kappa shape index (κ1) is 17.8. The molecule has 0 fully saturated rings. The van der Waals surface area contributed by atoms with Crippen molar-refractivity contribution in [1.82, 2.24) is 9.29 Å². The smallest absolute Gasteiger partial charge is 0.404 e. The molecule has 0 aliphatic carbocycles. The van der Waals surface area contributed by atoms with E-state index in [-0.39, 0.29) is 10.6 Å². The first-order valence-electron chi connectivity index (χ1n) is 5.71. The van der Waals surface area contributed by atoms with Crippen LogP contribution in [-0.2, 0) is 11.3 Å². The molecule has 1 atom stereocenters. The van der Waals surface area contributed by atoms with Gasteiger partial charge in [-0.25, -0.2) is 18.3 Å². The molecule has 1 N–H and O–H groups in total. The molecular weight excluding hydrogens is 319 g/mol. The topological polar surface area (TPSA) is 43.3 Å². The molecule has 4 nitrogen and oxygen atoms in total. The second-order valence-electron chi connectivity index (χ2n) is 4.08. The monoisotopic (exact) mass is 332 g/mol. The highest BCUT2D eigenvalue weighted by Crippen LogP contribution is 2.25. The Morgan fingerprint density at radius 3 is 2.57 bits per heavy atom. The van der Waals surface area contributed by atoms with Gasteiger partial charge in [0.1, 0.15) is 11.7 Å². The van der Waals surface area contributed by atoms with E-state index in [9.17, 15) is 26.7 Å². The molecule has 10 heteroatoms. The fourth-order valence-corrected chi connectivity index (χ4v) is 2.13. The number of hydrogen-bond donors (Lipinski definition) is 1. The van der Waals surface area contributed by atoms with Crippen molar-refractivity contribution in [3.63, 3.8) is 0 Å². The molecule has 21 heavy (non-hydrogen) atoms. The summed E-state index contributed by atoms with van der Waals surface area (Å²) in [6.45, 7) is 0.171. The van der Waals surface area contributed by atoms with E-state index >= 15 is 0 Å². The number of alkyl halides is 5. The maximum atomic E-state index is 12.4. The van der Waals surface area contributed by atoms with Crippen LogP contribution in [0.2, 0.25) is 0 Å². The maximum Gasteiger partial charge on any atom is 0.404 e. The van der Waals surface area contributed by atoms with E-state index in [2.05, 4.69) is 9.46 Å². The Labute approximate surface area is 121 Å². The number of nitrogens with one attached hydrogen (secondary N) is 1. The molecule has 0 amide bonds. The summed E-state index contributed by atoms with van der Waals surface area (Å²) in [7, 11) is 1.08. The number of methoxy groups -OCH3 is 1. The van der Waals surface area contributed by atoms with Gasteiger partial charge in [0, 0.05) is 11.1 Å². The molecule has 0 saturated heterocycles. The first-order valence-corrected chi connectivity index (χ1v) is 6.52. The third-order valence-corrected chi connectivity index (χ3v) is 3.38. The molecule has 0 spiro atoms. The normalized spacial score (nSPS) is 13.5. The van der Waals surface area contributed by atoms with Gasteiger partial charge in [-0.2, -0.15) is 13.2 Å². The lowest BCUT2D eigenvalue weighted by Gasteiger charge is -2.15. The van der Waals surface area contributed by atoms with Crippen LogP contribution < -0.4 is 4.72 Å². The molecule has 120 valence electrons. The number of hydrogen-bond acceptors (Lipinski definition) is 4. The number of nitrogens with zero attached hydrogens (tertiary/aromatic N) is 1. The Morgan fingerprint density at radius 2 is 2.10 bits per heavy atom. The van der Waals surface area contributed by atoms with Crippen LogP contribution in [0.15, 0.2) is 17.2 Å². The van der Waals surface area contributed by atoms with Crippen LogP contribution in [0.4, 0.5) is 22.0 Å². The van der Waals surface area contributed by atoms with Crippen molar-refractivity contribution < 1.29 is 31.5 Å². The fourth-order valence-electron chi connectivity index (χ4n) is 1.34. The first-order chi connectivity index (χ1) is 9.65. The number of esters is 1. The van der Waals surface area contributed by atoms with Crippen molar-refractivity contribution in [3.8, 4) is 0 Å². The van der Waals surface area contributed by atoms with Gasteiger partial charge in [0.15, 0.2) is 0 Å². The third-order valence-electron chi connectivity index (χ3n) is 2.45. The summed E-state index contributed by atoms with van der Waals surface area (Å²) in [6, 6.07) is -0.600. The molecule has 0 saturated carbocycles. The van der Waals surface area contributed by atoms with Crippen molar-refractivity contribution in [3.05, 3.63) is 18.0 Å². The van der Waals surface area contributed by atoms with Crippen molar-refractivity contribution in [2.24, 2.45) is 0 Å². The van der Waals surface area contributed by atoms with Crippen molar-refractivity contribution in [2.45, 2.75) is 37.0 Å². The van der Waals surface area contributed by atoms with E-state index in [1.54, 1.807) is 0 Å². The van der Waals surface area contributed by atoms with E-state index < -0.39 is 31.2 Å². The lowest BCUT2D eigenvalue weighted by molar-refractivity contribution is -0.146. The Hall–Kier alpha value is -1.29. The van der Waals surface area contributed by atoms with Gasteiger partial charge in [-0.3, -0.25) is 0 Å². The minimum Gasteiger partial charge on any atom is -0.464 e. The zero-order valence-corrected chi connectivity index (χ0v) is 11.9. The largest absolute Gasteiger partial charge is 0.464 e. The Bertz CT molecular complexity index is 489. The number of ether oxygens (including phenoxy) is 1. The summed E-state index contributed by atoms with van der Waals surface area (Å²) < 4.78 is 69.3. The molecule has 0 aliphatic heterocycles. The second-order valence-corrected chi connectivity index (χ2v) is 4.99. The Morgan fingerprint density at radius 1 is 1.48 bits per heavy atom. The fraction of sp³-hybridized carbons (Fsp3) is 0.545. The molecule has 1 rings (SSSR count). The maximum absolute atomic E-state index is 12.4.